The van der Waals surface area contributed by atoms with Crippen LogP contribution in [0.25, 0.3) is 0 Å². The first-order valence-corrected chi connectivity index (χ1v) is 23.6. The maximum Gasteiger partial charge on any atom is 0.292 e. The van der Waals surface area contributed by atoms with E-state index in [-0.39, 0.29) is 96.1 Å². The fraction of sp³-hybridized carbons (Fsp3) is 0.354. The quantitative estimate of drug-likeness (QED) is 0.0415. The van der Waals surface area contributed by atoms with Crippen LogP contribution in [-0.2, 0) is 56.7 Å². The van der Waals surface area contributed by atoms with Gasteiger partial charge in [-0.15, -0.1) is 0 Å². The Balaban J connectivity index is 0.917. The van der Waals surface area contributed by atoms with Gasteiger partial charge in [-0.1, -0.05) is 0 Å². The van der Waals surface area contributed by atoms with Crippen LogP contribution in [0.4, 0.5) is 34.4 Å². The van der Waals surface area contributed by atoms with E-state index in [2.05, 4.69) is 57.8 Å². The number of aryl methyl sites for hydroxylation is 6. The van der Waals surface area contributed by atoms with Crippen LogP contribution < -0.4 is 47.9 Å². The molecule has 27 nitrogen and oxygen atoms in total. The molecule has 0 aliphatic carbocycles. The number of carbonyl (C=O) groups is 9. The number of hydrogen-bond donors (Lipinski definition) is 9. The van der Waals surface area contributed by atoms with Gasteiger partial charge in [0.15, 0.2) is 11.6 Å². The summed E-state index contributed by atoms with van der Waals surface area (Å²) in [5.74, 6) is -3.71. The lowest BCUT2D eigenvalue weighted by Crippen LogP contribution is -2.32. The highest BCUT2D eigenvalue weighted by Crippen LogP contribution is 2.21. The Morgan fingerprint density at radius 1 is 0.427 bits per heavy atom. The third-order valence-electron chi connectivity index (χ3n) is 11.3. The number of hydrogen-bond acceptors (Lipinski definition) is 12. The van der Waals surface area contributed by atoms with Gasteiger partial charge in [0.05, 0.1) is 22.7 Å². The third-order valence-corrected chi connectivity index (χ3v) is 11.3. The summed E-state index contributed by atoms with van der Waals surface area (Å²) in [6, 6.07) is 6.00. The van der Waals surface area contributed by atoms with Crippen molar-refractivity contribution in [3.63, 3.8) is 0 Å². The number of anilines is 6. The average Bonchev–Trinajstić information content (AvgIpc) is 4.19. The number of nitrogens with zero attached hydrogens (tertiary/aromatic N) is 9. The highest BCUT2D eigenvalue weighted by Gasteiger charge is 2.22. The van der Waals surface area contributed by atoms with Gasteiger partial charge in [0, 0.05) is 119 Å². The zero-order chi connectivity index (χ0) is 54.7. The van der Waals surface area contributed by atoms with E-state index in [1.807, 2.05) is 19.0 Å². The maximum absolute atomic E-state index is 13.4. The van der Waals surface area contributed by atoms with Crippen molar-refractivity contribution < 1.29 is 43.2 Å². The van der Waals surface area contributed by atoms with E-state index in [0.717, 1.165) is 13.0 Å². The van der Waals surface area contributed by atoms with E-state index in [4.69, 9.17) is 0 Å². The molecule has 0 aliphatic rings. The fourth-order valence-electron chi connectivity index (χ4n) is 7.70. The van der Waals surface area contributed by atoms with Gasteiger partial charge in [-0.3, -0.25) is 43.2 Å². The summed E-state index contributed by atoms with van der Waals surface area (Å²) in [6.07, 6.45) is 10.4. The van der Waals surface area contributed by atoms with Crippen LogP contribution in [0.5, 0.6) is 0 Å². The molecule has 0 saturated carbocycles. The lowest BCUT2D eigenvalue weighted by Gasteiger charge is -2.10. The van der Waals surface area contributed by atoms with E-state index in [9.17, 15) is 43.2 Å². The second kappa shape index (κ2) is 24.4. The number of rotatable bonds is 23. The van der Waals surface area contributed by atoms with Gasteiger partial charge in [-0.25, -0.2) is 9.97 Å². The number of aromatic nitrogens is 8. The molecular weight excluding hydrogens is 973 g/mol. The molecule has 0 unspecified atom stereocenters. The highest BCUT2D eigenvalue weighted by atomic mass is 16.2. The van der Waals surface area contributed by atoms with Crippen LogP contribution in [0.15, 0.2) is 61.4 Å². The molecule has 6 aromatic rings. The van der Waals surface area contributed by atoms with Crippen molar-refractivity contribution in [3.8, 4) is 0 Å². The molecule has 0 bridgehead atoms. The Morgan fingerprint density at radius 3 is 1.29 bits per heavy atom. The zero-order valence-corrected chi connectivity index (χ0v) is 43.1. The Kier molecular flexibility index (Phi) is 17.9. The predicted octanol–water partition coefficient (Wildman–Crippen LogP) is 1.81. The molecular formula is C48H62N18O9. The minimum absolute atomic E-state index is 0.000953. The summed E-state index contributed by atoms with van der Waals surface area (Å²) in [7, 11) is 13.6. The van der Waals surface area contributed by atoms with Gasteiger partial charge in [0.1, 0.15) is 22.8 Å². The van der Waals surface area contributed by atoms with Crippen molar-refractivity contribution in [1.82, 2.24) is 58.2 Å². The van der Waals surface area contributed by atoms with Crippen LogP contribution >= 0.6 is 0 Å². The molecule has 75 heavy (non-hydrogen) atoms. The molecule has 0 saturated heterocycles. The van der Waals surface area contributed by atoms with Gasteiger partial charge >= 0.3 is 0 Å². The van der Waals surface area contributed by atoms with Crippen LogP contribution in [0.1, 0.15) is 95.8 Å². The first kappa shape index (κ1) is 55.1. The maximum atomic E-state index is 13.4. The van der Waals surface area contributed by atoms with Crippen molar-refractivity contribution in [2.75, 3.05) is 72.2 Å². The summed E-state index contributed by atoms with van der Waals surface area (Å²) in [5.41, 5.74) is 2.31. The molecule has 6 rings (SSSR count). The molecule has 9 N–H and O–H groups in total. The molecule has 0 aliphatic heterocycles. The molecule has 0 fully saturated rings. The molecule has 0 spiro atoms. The molecule has 27 heteroatoms. The first-order chi connectivity index (χ1) is 35.5. The van der Waals surface area contributed by atoms with Crippen molar-refractivity contribution in [3.05, 3.63) is 95.9 Å². The largest absolute Gasteiger partial charge is 0.356 e. The van der Waals surface area contributed by atoms with E-state index in [1.54, 1.807) is 71.6 Å². The zero-order valence-electron chi connectivity index (χ0n) is 43.1. The Hall–Kier alpha value is -9.27. The van der Waals surface area contributed by atoms with Gasteiger partial charge in [0.2, 0.25) is 29.4 Å². The molecule has 0 aromatic carbocycles. The van der Waals surface area contributed by atoms with Gasteiger partial charge in [-0.2, -0.15) is 0 Å². The fourth-order valence-corrected chi connectivity index (χ4v) is 7.70. The van der Waals surface area contributed by atoms with E-state index >= 15 is 0 Å². The molecule has 398 valence electrons. The Labute approximate surface area is 430 Å². The van der Waals surface area contributed by atoms with Gasteiger partial charge in [0.25, 0.3) is 35.4 Å². The molecule has 6 heterocycles. The molecule has 9 amide bonds. The van der Waals surface area contributed by atoms with Crippen molar-refractivity contribution in [2.24, 2.45) is 42.3 Å². The predicted molar refractivity (Wildman–Crippen MR) is 278 cm³/mol. The van der Waals surface area contributed by atoms with E-state index in [0.29, 0.717) is 29.3 Å². The Bertz CT molecular complexity index is 3140. The average molecular weight is 1040 g/mol. The normalized spacial score (nSPS) is 11.0. The van der Waals surface area contributed by atoms with Crippen LogP contribution in [0, 0.1) is 0 Å². The third kappa shape index (κ3) is 14.9. The molecule has 0 atom stereocenters. The summed E-state index contributed by atoms with van der Waals surface area (Å²) in [4.78, 5) is 125. The number of amides is 9. The summed E-state index contributed by atoms with van der Waals surface area (Å²) >= 11 is 0. The first-order valence-electron chi connectivity index (χ1n) is 23.6. The second-order valence-electron chi connectivity index (χ2n) is 17.9. The topological polar surface area (TPSA) is 320 Å². The minimum atomic E-state index is -0.618. The van der Waals surface area contributed by atoms with Crippen LogP contribution in [0.3, 0.4) is 0 Å². The lowest BCUT2D eigenvalue weighted by molar-refractivity contribution is -0.121. The highest BCUT2D eigenvalue weighted by molar-refractivity contribution is 6.08. The summed E-state index contributed by atoms with van der Waals surface area (Å²) in [6.45, 7) is 3.01. The van der Waals surface area contributed by atoms with Gasteiger partial charge in [-0.05, 0) is 57.7 Å². The number of nitrogens with one attached hydrogen (secondary N) is 9. The molecule has 0 radical (unpaired) electrons. The Morgan fingerprint density at radius 2 is 0.827 bits per heavy atom. The van der Waals surface area contributed by atoms with Crippen molar-refractivity contribution in [2.45, 2.75) is 32.6 Å². The van der Waals surface area contributed by atoms with E-state index in [1.165, 1.54) is 66.4 Å². The SMILES string of the molecule is CC(=O)Nc1cn(C)c(C(=O)Nc2cn(C)c(C(=O)Nc3cc(C(=O)NCCCC(=O)Nc4cc(C(=O)Nc5cc(C(=O)Nc6cc(C(=O)NCCC(=O)NCCCN(C)C)n(C)c6)n(C)c5)n(C)c4)n(C)c3)n2)n1. The number of carbonyl (C=O) groups excluding carboxylic acids is 9. The van der Waals surface area contributed by atoms with Gasteiger partial charge < -0.3 is 80.2 Å². The van der Waals surface area contributed by atoms with Crippen molar-refractivity contribution >= 4 is 87.5 Å². The smallest absolute Gasteiger partial charge is 0.292 e. The summed E-state index contributed by atoms with van der Waals surface area (Å²) < 4.78 is 9.00. The number of imidazole rings is 2. The minimum Gasteiger partial charge on any atom is -0.356 e. The molecule has 6 aromatic heterocycles. The van der Waals surface area contributed by atoms with Crippen LogP contribution in [0.2, 0.25) is 0 Å². The van der Waals surface area contributed by atoms with Crippen molar-refractivity contribution in [1.29, 1.82) is 0 Å². The standard InChI is InChI=1S/C48H62N18O9/c1-28(67)52-37-26-65(8)42(57-37)48(75)59-38-27-66(9)41(58-38)47(74)56-32-20-33(62(5)25-32)43(70)50-14-10-12-40(69)53-29-18-35(63(6)22-29)45(72)55-31-21-36(64(7)24-31)46(73)54-30-19-34(61(4)23-30)44(71)51-16-13-39(68)49-15-11-17-60(2)3/h18-27H,10-17H2,1-9H3,(H,49,68)(H,50,70)(H,51,71)(H,52,67)(H,53,69)(H,54,73)(H,55,72)(H,56,74)(H,59,75). The van der Waals surface area contributed by atoms with E-state index < -0.39 is 35.4 Å². The monoisotopic (exact) mass is 1030 g/mol. The summed E-state index contributed by atoms with van der Waals surface area (Å²) in [5, 5.41) is 24.4. The second-order valence-corrected chi connectivity index (χ2v) is 17.9. The van der Waals surface area contributed by atoms with Crippen LogP contribution in [-0.4, -0.2) is 136 Å². The lowest BCUT2D eigenvalue weighted by atomic mass is 10.2.